The fraction of sp³-hybridized carbons (Fsp3) is 0.188. The summed E-state index contributed by atoms with van der Waals surface area (Å²) in [7, 11) is 0. The molecular formula is C16H14FNO3. The van der Waals surface area contributed by atoms with Gasteiger partial charge in [0.05, 0.1) is 12.0 Å². The third-order valence-corrected chi connectivity index (χ3v) is 2.73. The van der Waals surface area contributed by atoms with Crippen molar-refractivity contribution in [2.75, 3.05) is 11.9 Å². The molecule has 21 heavy (non-hydrogen) atoms. The number of aliphatic hydroxyl groups excluding tert-OH is 1. The van der Waals surface area contributed by atoms with Crippen LogP contribution in [0.25, 0.3) is 0 Å². The molecule has 0 aliphatic heterocycles. The number of amides is 1. The lowest BCUT2D eigenvalue weighted by atomic mass is 10.2. The van der Waals surface area contributed by atoms with Crippen molar-refractivity contribution >= 4 is 11.6 Å². The molecule has 4 nitrogen and oxygen atoms in total. The number of carbonyl (C=O) groups is 1. The molecule has 0 bridgehead atoms. The van der Waals surface area contributed by atoms with Crippen molar-refractivity contribution < 1.29 is 18.7 Å². The second-order valence-corrected chi connectivity index (χ2v) is 4.28. The van der Waals surface area contributed by atoms with E-state index in [9.17, 15) is 9.18 Å². The first-order chi connectivity index (χ1) is 10.2. The second kappa shape index (κ2) is 7.27. The summed E-state index contributed by atoms with van der Waals surface area (Å²) in [6.45, 7) is -0.285. The SMILES string of the molecule is O=C(CCc1ccco1)Nc1ccc(C#CCO)cc1F. The quantitative estimate of drug-likeness (QED) is 0.848. The minimum absolute atomic E-state index is 0.106. The average molecular weight is 287 g/mol. The van der Waals surface area contributed by atoms with E-state index in [1.807, 2.05) is 0 Å². The molecule has 1 aromatic carbocycles. The van der Waals surface area contributed by atoms with Crippen LogP contribution in [0.2, 0.25) is 0 Å². The van der Waals surface area contributed by atoms with Crippen LogP contribution >= 0.6 is 0 Å². The highest BCUT2D eigenvalue weighted by molar-refractivity contribution is 5.91. The first kappa shape index (κ1) is 14.8. The van der Waals surface area contributed by atoms with Gasteiger partial charge in [0.15, 0.2) is 0 Å². The molecule has 2 N–H and O–H groups in total. The van der Waals surface area contributed by atoms with Gasteiger partial charge in [0.25, 0.3) is 0 Å². The zero-order valence-electron chi connectivity index (χ0n) is 11.2. The molecule has 0 saturated heterocycles. The lowest BCUT2D eigenvalue weighted by Crippen LogP contribution is -2.13. The van der Waals surface area contributed by atoms with E-state index in [-0.39, 0.29) is 24.6 Å². The molecule has 1 aromatic heterocycles. The molecule has 0 aliphatic carbocycles. The molecule has 0 saturated carbocycles. The highest BCUT2D eigenvalue weighted by Crippen LogP contribution is 2.16. The van der Waals surface area contributed by atoms with Crippen molar-refractivity contribution in [2.24, 2.45) is 0 Å². The Hall–Kier alpha value is -2.58. The van der Waals surface area contributed by atoms with Gasteiger partial charge in [0.2, 0.25) is 5.91 Å². The van der Waals surface area contributed by atoms with Crippen LogP contribution in [-0.2, 0) is 11.2 Å². The Morgan fingerprint density at radius 2 is 2.24 bits per heavy atom. The van der Waals surface area contributed by atoms with Crippen LogP contribution in [0.15, 0.2) is 41.0 Å². The van der Waals surface area contributed by atoms with Crippen molar-refractivity contribution in [1.82, 2.24) is 0 Å². The highest BCUT2D eigenvalue weighted by atomic mass is 19.1. The molecule has 5 heteroatoms. The summed E-state index contributed by atoms with van der Waals surface area (Å²) in [5, 5.41) is 11.1. The van der Waals surface area contributed by atoms with E-state index in [0.29, 0.717) is 17.7 Å². The van der Waals surface area contributed by atoms with E-state index in [0.717, 1.165) is 0 Å². The van der Waals surface area contributed by atoms with Gasteiger partial charge in [0, 0.05) is 18.4 Å². The topological polar surface area (TPSA) is 62.5 Å². The summed E-state index contributed by atoms with van der Waals surface area (Å²) in [6.07, 6.45) is 2.21. The Kier molecular flexibility index (Phi) is 5.13. The number of rotatable bonds is 4. The maximum Gasteiger partial charge on any atom is 0.224 e. The van der Waals surface area contributed by atoms with Crippen molar-refractivity contribution in [1.29, 1.82) is 0 Å². The van der Waals surface area contributed by atoms with Crippen LogP contribution in [0.5, 0.6) is 0 Å². The van der Waals surface area contributed by atoms with Crippen LogP contribution in [0.1, 0.15) is 17.7 Å². The van der Waals surface area contributed by atoms with Gasteiger partial charge in [0.1, 0.15) is 18.2 Å². The number of nitrogens with one attached hydrogen (secondary N) is 1. The molecule has 0 spiro atoms. The van der Waals surface area contributed by atoms with Crippen LogP contribution in [0.3, 0.4) is 0 Å². The lowest BCUT2D eigenvalue weighted by Gasteiger charge is -2.06. The normalized spacial score (nSPS) is 9.81. The van der Waals surface area contributed by atoms with E-state index in [1.165, 1.54) is 12.1 Å². The number of benzene rings is 1. The molecule has 0 fully saturated rings. The second-order valence-electron chi connectivity index (χ2n) is 4.28. The Balaban J connectivity index is 1.94. The predicted octanol–water partition coefficient (Wildman–Crippen LogP) is 2.33. The van der Waals surface area contributed by atoms with Gasteiger partial charge in [-0.1, -0.05) is 11.8 Å². The van der Waals surface area contributed by atoms with Crippen molar-refractivity contribution in [3.05, 3.63) is 53.7 Å². The van der Waals surface area contributed by atoms with Gasteiger partial charge in [-0.25, -0.2) is 4.39 Å². The Labute approximate surface area is 121 Å². The van der Waals surface area contributed by atoms with Crippen molar-refractivity contribution in [2.45, 2.75) is 12.8 Å². The third kappa shape index (κ3) is 4.48. The van der Waals surface area contributed by atoms with Gasteiger partial charge in [-0.05, 0) is 30.3 Å². The molecule has 0 atom stereocenters. The fourth-order valence-electron chi connectivity index (χ4n) is 1.74. The van der Waals surface area contributed by atoms with Gasteiger partial charge in [-0.2, -0.15) is 0 Å². The molecule has 1 amide bonds. The molecule has 0 radical (unpaired) electrons. The smallest absolute Gasteiger partial charge is 0.224 e. The van der Waals surface area contributed by atoms with E-state index in [1.54, 1.807) is 24.5 Å². The number of hydrogen-bond donors (Lipinski definition) is 2. The van der Waals surface area contributed by atoms with E-state index >= 15 is 0 Å². The number of furan rings is 1. The monoisotopic (exact) mass is 287 g/mol. The molecule has 0 unspecified atom stereocenters. The maximum atomic E-state index is 13.8. The fourth-order valence-corrected chi connectivity index (χ4v) is 1.74. The van der Waals surface area contributed by atoms with Crippen LogP contribution in [0, 0.1) is 17.7 Å². The highest BCUT2D eigenvalue weighted by Gasteiger charge is 2.08. The first-order valence-electron chi connectivity index (χ1n) is 6.40. The van der Waals surface area contributed by atoms with Gasteiger partial charge >= 0.3 is 0 Å². The Bertz CT molecular complexity index is 669. The van der Waals surface area contributed by atoms with Crippen LogP contribution < -0.4 is 5.32 Å². The summed E-state index contributed by atoms with van der Waals surface area (Å²) in [5.74, 6) is 4.88. The zero-order valence-corrected chi connectivity index (χ0v) is 11.2. The standard InChI is InChI=1S/C16H14FNO3/c17-14-11-12(3-1-9-19)5-7-15(14)18-16(20)8-6-13-4-2-10-21-13/h2,4-5,7,10-11,19H,6,8-9H2,(H,18,20). The summed E-state index contributed by atoms with van der Waals surface area (Å²) < 4.78 is 18.9. The average Bonchev–Trinajstić information content (AvgIpc) is 2.99. The number of anilines is 1. The molecule has 0 aliphatic rings. The number of hydrogen-bond acceptors (Lipinski definition) is 3. The summed E-state index contributed by atoms with van der Waals surface area (Å²) >= 11 is 0. The van der Waals surface area contributed by atoms with Crippen LogP contribution in [0.4, 0.5) is 10.1 Å². The number of aryl methyl sites for hydroxylation is 1. The third-order valence-electron chi connectivity index (χ3n) is 2.73. The van der Waals surface area contributed by atoms with Crippen LogP contribution in [-0.4, -0.2) is 17.6 Å². The predicted molar refractivity (Wildman–Crippen MR) is 76.0 cm³/mol. The van der Waals surface area contributed by atoms with Gasteiger partial charge in [-0.3, -0.25) is 4.79 Å². The summed E-state index contributed by atoms with van der Waals surface area (Å²) in [6, 6.07) is 7.77. The molecule has 2 rings (SSSR count). The Morgan fingerprint density at radius 1 is 1.38 bits per heavy atom. The number of halogens is 1. The lowest BCUT2D eigenvalue weighted by molar-refractivity contribution is -0.116. The van der Waals surface area contributed by atoms with Crippen molar-refractivity contribution in [3.8, 4) is 11.8 Å². The molecule has 2 aromatic rings. The van der Waals surface area contributed by atoms with Gasteiger partial charge in [-0.15, -0.1) is 0 Å². The largest absolute Gasteiger partial charge is 0.469 e. The van der Waals surface area contributed by atoms with Gasteiger partial charge < -0.3 is 14.8 Å². The minimum Gasteiger partial charge on any atom is -0.469 e. The first-order valence-corrected chi connectivity index (χ1v) is 6.40. The number of aliphatic hydroxyl groups is 1. The molecular weight excluding hydrogens is 273 g/mol. The zero-order chi connectivity index (χ0) is 15.1. The molecule has 108 valence electrons. The summed E-state index contributed by atoms with van der Waals surface area (Å²) in [5.41, 5.74) is 0.545. The summed E-state index contributed by atoms with van der Waals surface area (Å²) in [4.78, 5) is 11.7. The van der Waals surface area contributed by atoms with E-state index < -0.39 is 5.82 Å². The Morgan fingerprint density at radius 3 is 2.90 bits per heavy atom. The minimum atomic E-state index is -0.564. The maximum absolute atomic E-state index is 13.8. The van der Waals surface area contributed by atoms with E-state index in [4.69, 9.17) is 9.52 Å². The number of carbonyl (C=O) groups excluding carboxylic acids is 1. The molecule has 1 heterocycles. The van der Waals surface area contributed by atoms with E-state index in [2.05, 4.69) is 17.2 Å². The van der Waals surface area contributed by atoms with Crippen molar-refractivity contribution in [3.63, 3.8) is 0 Å².